The van der Waals surface area contributed by atoms with Gasteiger partial charge in [0.05, 0.1) is 23.0 Å². The van der Waals surface area contributed by atoms with E-state index in [4.69, 9.17) is 4.74 Å². The monoisotopic (exact) mass is 359 g/mol. The fourth-order valence-corrected chi connectivity index (χ4v) is 3.50. The summed E-state index contributed by atoms with van der Waals surface area (Å²) in [5, 5.41) is 8.11. The van der Waals surface area contributed by atoms with E-state index in [0.717, 1.165) is 21.7 Å². The second kappa shape index (κ2) is 7.10. The number of ether oxygens (including phenoxy) is 1. The van der Waals surface area contributed by atoms with Gasteiger partial charge in [0.15, 0.2) is 0 Å². The smallest absolute Gasteiger partial charge is 0.322 e. The second-order valence-corrected chi connectivity index (χ2v) is 6.52. The molecule has 0 aliphatic carbocycles. The molecule has 0 aliphatic rings. The van der Waals surface area contributed by atoms with E-state index in [0.29, 0.717) is 24.0 Å². The van der Waals surface area contributed by atoms with Crippen LogP contribution in [0.25, 0.3) is 15.3 Å². The van der Waals surface area contributed by atoms with Crippen LogP contribution in [0.5, 0.6) is 5.75 Å². The summed E-state index contributed by atoms with van der Waals surface area (Å²) in [6.07, 6.45) is 0. The molecule has 2 amide bonds. The Kier molecular flexibility index (Phi) is 4.89. The molecule has 0 saturated heterocycles. The number of fused-ring (bicyclic) bond motifs is 1. The zero-order chi connectivity index (χ0) is 18.0. The van der Waals surface area contributed by atoms with Gasteiger partial charge in [0.25, 0.3) is 0 Å². The summed E-state index contributed by atoms with van der Waals surface area (Å²) in [6.45, 7) is 7.09. The first-order valence-electron chi connectivity index (χ1n) is 8.13. The average Bonchev–Trinajstić information content (AvgIpc) is 3.18. The van der Waals surface area contributed by atoms with E-state index in [1.165, 1.54) is 11.3 Å². The standard InChI is InChI=1S/C17H21N5O2S/c1-5-21(6-2)16(23)19-15-9-11(3)20-22(15)17-18-13-8-7-12(24-4)10-14(13)25-17/h7-10H,5-6H2,1-4H3,(H,19,23). The molecule has 1 aromatic carbocycles. The Morgan fingerprint density at radius 3 is 2.76 bits per heavy atom. The lowest BCUT2D eigenvalue weighted by atomic mass is 10.3. The molecule has 0 fully saturated rings. The fraction of sp³-hybridized carbons (Fsp3) is 0.353. The van der Waals surface area contributed by atoms with Crippen molar-refractivity contribution in [3.63, 3.8) is 0 Å². The molecule has 3 rings (SSSR count). The number of amides is 2. The number of methoxy groups -OCH3 is 1. The molecule has 7 nitrogen and oxygen atoms in total. The molecule has 25 heavy (non-hydrogen) atoms. The Bertz CT molecular complexity index is 898. The van der Waals surface area contributed by atoms with E-state index in [-0.39, 0.29) is 6.03 Å². The molecule has 0 aliphatic heterocycles. The van der Waals surface area contributed by atoms with E-state index in [1.807, 2.05) is 45.0 Å². The lowest BCUT2D eigenvalue weighted by molar-refractivity contribution is 0.217. The highest BCUT2D eigenvalue weighted by molar-refractivity contribution is 7.20. The van der Waals surface area contributed by atoms with E-state index in [1.54, 1.807) is 16.7 Å². The highest BCUT2D eigenvalue weighted by Gasteiger charge is 2.17. The highest BCUT2D eigenvalue weighted by Crippen LogP contribution is 2.30. The van der Waals surface area contributed by atoms with Gasteiger partial charge in [-0.3, -0.25) is 5.32 Å². The van der Waals surface area contributed by atoms with Gasteiger partial charge in [0, 0.05) is 19.2 Å². The Labute approximate surface area is 150 Å². The van der Waals surface area contributed by atoms with Gasteiger partial charge < -0.3 is 9.64 Å². The third kappa shape index (κ3) is 3.43. The van der Waals surface area contributed by atoms with Gasteiger partial charge in [0.2, 0.25) is 5.13 Å². The maximum atomic E-state index is 12.4. The number of aryl methyl sites for hydroxylation is 1. The van der Waals surface area contributed by atoms with Crippen LogP contribution < -0.4 is 10.1 Å². The molecular formula is C17H21N5O2S. The van der Waals surface area contributed by atoms with Crippen molar-refractivity contribution in [1.82, 2.24) is 19.7 Å². The minimum absolute atomic E-state index is 0.145. The molecule has 0 radical (unpaired) electrons. The molecule has 3 aromatic rings. The summed E-state index contributed by atoms with van der Waals surface area (Å²) in [4.78, 5) is 18.7. The number of carbonyl (C=O) groups excluding carboxylic acids is 1. The van der Waals surface area contributed by atoms with Crippen LogP contribution in [0.2, 0.25) is 0 Å². The molecule has 0 spiro atoms. The zero-order valence-corrected chi connectivity index (χ0v) is 15.6. The molecule has 2 aromatic heterocycles. The number of thiazole rings is 1. The number of anilines is 1. The lowest BCUT2D eigenvalue weighted by Crippen LogP contribution is -2.35. The van der Waals surface area contributed by atoms with Crippen molar-refractivity contribution in [3.05, 3.63) is 30.0 Å². The minimum Gasteiger partial charge on any atom is -0.497 e. The van der Waals surface area contributed by atoms with Crippen molar-refractivity contribution in [1.29, 1.82) is 0 Å². The van der Waals surface area contributed by atoms with Gasteiger partial charge in [-0.05, 0) is 39.0 Å². The van der Waals surface area contributed by atoms with E-state index in [9.17, 15) is 4.79 Å². The van der Waals surface area contributed by atoms with E-state index >= 15 is 0 Å². The van der Waals surface area contributed by atoms with Crippen molar-refractivity contribution in [3.8, 4) is 10.9 Å². The van der Waals surface area contributed by atoms with Gasteiger partial charge in [-0.1, -0.05) is 11.3 Å². The van der Waals surface area contributed by atoms with Crippen LogP contribution in [0.15, 0.2) is 24.3 Å². The number of nitrogens with zero attached hydrogens (tertiary/aromatic N) is 4. The number of aromatic nitrogens is 3. The molecule has 2 heterocycles. The second-order valence-electron chi connectivity index (χ2n) is 5.52. The number of rotatable bonds is 5. The number of nitrogens with one attached hydrogen (secondary N) is 1. The Morgan fingerprint density at radius 2 is 2.08 bits per heavy atom. The van der Waals surface area contributed by atoms with Crippen molar-refractivity contribution in [2.75, 3.05) is 25.5 Å². The molecule has 8 heteroatoms. The Balaban J connectivity index is 1.96. The maximum Gasteiger partial charge on any atom is 0.322 e. The minimum atomic E-state index is -0.145. The Morgan fingerprint density at radius 1 is 1.32 bits per heavy atom. The van der Waals surface area contributed by atoms with E-state index in [2.05, 4.69) is 15.4 Å². The number of carbonyl (C=O) groups is 1. The number of hydrogen-bond acceptors (Lipinski definition) is 5. The van der Waals surface area contributed by atoms with Gasteiger partial charge in [-0.2, -0.15) is 9.78 Å². The summed E-state index contributed by atoms with van der Waals surface area (Å²) >= 11 is 1.50. The normalized spacial score (nSPS) is 10.9. The first kappa shape index (κ1) is 17.2. The van der Waals surface area contributed by atoms with Crippen molar-refractivity contribution < 1.29 is 9.53 Å². The first-order chi connectivity index (χ1) is 12.0. The average molecular weight is 359 g/mol. The van der Waals surface area contributed by atoms with Crippen LogP contribution in [0, 0.1) is 6.92 Å². The molecule has 0 bridgehead atoms. The lowest BCUT2D eigenvalue weighted by Gasteiger charge is -2.19. The first-order valence-corrected chi connectivity index (χ1v) is 8.94. The topological polar surface area (TPSA) is 72.3 Å². The molecule has 1 N–H and O–H groups in total. The van der Waals surface area contributed by atoms with Crippen LogP contribution in [-0.2, 0) is 0 Å². The van der Waals surface area contributed by atoms with Crippen LogP contribution in [-0.4, -0.2) is 45.9 Å². The van der Waals surface area contributed by atoms with E-state index < -0.39 is 0 Å². The predicted molar refractivity (Wildman–Crippen MR) is 100.0 cm³/mol. The number of hydrogen-bond donors (Lipinski definition) is 1. The van der Waals surface area contributed by atoms with Crippen molar-refractivity contribution in [2.45, 2.75) is 20.8 Å². The van der Waals surface area contributed by atoms with Gasteiger partial charge in [-0.25, -0.2) is 9.78 Å². The SMILES string of the molecule is CCN(CC)C(=O)Nc1cc(C)nn1-c1nc2ccc(OC)cc2s1. The summed E-state index contributed by atoms with van der Waals surface area (Å²) < 4.78 is 7.94. The fourth-order valence-electron chi connectivity index (χ4n) is 2.54. The van der Waals surface area contributed by atoms with Crippen LogP contribution in [0.1, 0.15) is 19.5 Å². The molecule has 0 unspecified atom stereocenters. The van der Waals surface area contributed by atoms with Gasteiger partial charge >= 0.3 is 6.03 Å². The van der Waals surface area contributed by atoms with Crippen LogP contribution in [0.4, 0.5) is 10.6 Å². The van der Waals surface area contributed by atoms with Crippen molar-refractivity contribution in [2.24, 2.45) is 0 Å². The largest absolute Gasteiger partial charge is 0.497 e. The highest BCUT2D eigenvalue weighted by atomic mass is 32.1. The third-order valence-electron chi connectivity index (χ3n) is 3.88. The molecule has 0 saturated carbocycles. The molecule has 132 valence electrons. The van der Waals surface area contributed by atoms with Gasteiger partial charge in [0.1, 0.15) is 11.6 Å². The van der Waals surface area contributed by atoms with Crippen molar-refractivity contribution >= 4 is 33.4 Å². The predicted octanol–water partition coefficient (Wildman–Crippen LogP) is 3.67. The van der Waals surface area contributed by atoms with Crippen LogP contribution in [0.3, 0.4) is 0 Å². The molecular weight excluding hydrogens is 338 g/mol. The summed E-state index contributed by atoms with van der Waals surface area (Å²) in [7, 11) is 1.64. The number of urea groups is 1. The quantitative estimate of drug-likeness (QED) is 0.754. The molecule has 0 atom stereocenters. The maximum absolute atomic E-state index is 12.4. The third-order valence-corrected chi connectivity index (χ3v) is 4.88. The van der Waals surface area contributed by atoms with Crippen LogP contribution >= 0.6 is 11.3 Å². The summed E-state index contributed by atoms with van der Waals surface area (Å²) in [6, 6.07) is 7.44. The summed E-state index contributed by atoms with van der Waals surface area (Å²) in [5.41, 5.74) is 1.68. The summed E-state index contributed by atoms with van der Waals surface area (Å²) in [5.74, 6) is 1.40. The Hall–Kier alpha value is -2.61. The number of benzene rings is 1. The zero-order valence-electron chi connectivity index (χ0n) is 14.7. The van der Waals surface area contributed by atoms with Gasteiger partial charge in [-0.15, -0.1) is 0 Å².